The second kappa shape index (κ2) is 3.82. The van der Waals surface area contributed by atoms with E-state index in [4.69, 9.17) is 4.84 Å². The fraction of sp³-hybridized carbons (Fsp3) is 1.00. The van der Waals surface area contributed by atoms with E-state index in [2.05, 4.69) is 13.8 Å². The summed E-state index contributed by atoms with van der Waals surface area (Å²) in [7, 11) is 5.79. The number of hydrogen-bond donors (Lipinski definition) is 0. The molecular formula is C6H17NO2. The van der Waals surface area contributed by atoms with E-state index in [1.54, 1.807) is 7.11 Å². The summed E-state index contributed by atoms with van der Waals surface area (Å²) in [6.07, 6.45) is 0. The maximum Gasteiger partial charge on any atom is 0.113 e. The molecule has 0 aliphatic heterocycles. The molecule has 58 valence electrons. The smallest absolute Gasteiger partial charge is 0.113 e. The lowest BCUT2D eigenvalue weighted by Gasteiger charge is -2.28. The van der Waals surface area contributed by atoms with E-state index in [9.17, 15) is 0 Å². The van der Waals surface area contributed by atoms with Crippen LogP contribution < -0.4 is 0 Å². The lowest BCUT2D eigenvalue weighted by atomic mass is 10.4. The Bertz CT molecular complexity index is 71.5. The van der Waals surface area contributed by atoms with Crippen LogP contribution in [0.15, 0.2) is 0 Å². The van der Waals surface area contributed by atoms with Crippen molar-refractivity contribution in [1.29, 1.82) is 0 Å². The van der Waals surface area contributed by atoms with Gasteiger partial charge < -0.3 is 5.48 Å². The van der Waals surface area contributed by atoms with Crippen molar-refractivity contribution in [3.05, 3.63) is 0 Å². The van der Waals surface area contributed by atoms with Gasteiger partial charge in [0.25, 0.3) is 0 Å². The van der Waals surface area contributed by atoms with E-state index in [0.717, 1.165) is 0 Å². The molecule has 0 fully saturated rings. The summed E-state index contributed by atoms with van der Waals surface area (Å²) in [4.78, 5) is 5.14. The van der Waals surface area contributed by atoms with Gasteiger partial charge in [-0.05, 0) is 13.8 Å². The van der Waals surface area contributed by atoms with E-state index in [1.807, 2.05) is 14.1 Å². The molecule has 0 heterocycles. The zero-order valence-electron chi connectivity index (χ0n) is 6.88. The third kappa shape index (κ3) is 3.46. The van der Waals surface area contributed by atoms with Gasteiger partial charge in [0.1, 0.15) is 6.04 Å². The first-order valence-electron chi connectivity index (χ1n) is 2.90. The summed E-state index contributed by atoms with van der Waals surface area (Å²) in [6.45, 7) is 4.26. The predicted octanol–water partition coefficient (Wildman–Crippen LogP) is 0.856. The second-order valence-electron chi connectivity index (χ2n) is 2.71. The Morgan fingerprint density at radius 2 is 1.56 bits per heavy atom. The molecule has 0 saturated heterocycles. The van der Waals surface area contributed by atoms with Gasteiger partial charge in [-0.15, -0.1) is 0 Å². The average Bonchev–Trinajstić information content (AvgIpc) is 1.67. The van der Waals surface area contributed by atoms with Gasteiger partial charge in [0.2, 0.25) is 0 Å². The topological polar surface area (TPSA) is 39.2 Å². The molecule has 1 N–H and O–H groups in total. The van der Waals surface area contributed by atoms with E-state index in [-0.39, 0.29) is 5.48 Å². The molecule has 0 aliphatic carbocycles. The maximum atomic E-state index is 5.14. The van der Waals surface area contributed by atoms with Crippen LogP contribution in [0.5, 0.6) is 0 Å². The Balaban J connectivity index is 0. The van der Waals surface area contributed by atoms with E-state index in [0.29, 0.717) is 10.7 Å². The molecule has 0 unspecified atom stereocenters. The SMILES string of the molecule is CO[N+](C)(C)C(C)C.[OH-]. The summed E-state index contributed by atoms with van der Waals surface area (Å²) in [5, 5.41) is 0. The molecule has 0 amide bonds. The summed E-state index contributed by atoms with van der Waals surface area (Å²) in [5.41, 5.74) is 0. The first-order chi connectivity index (χ1) is 3.50. The normalized spacial score (nSPS) is 11.3. The van der Waals surface area contributed by atoms with Crippen molar-refractivity contribution < 1.29 is 15.0 Å². The second-order valence-corrected chi connectivity index (χ2v) is 2.71. The van der Waals surface area contributed by atoms with Gasteiger partial charge >= 0.3 is 0 Å². The summed E-state index contributed by atoms with van der Waals surface area (Å²) >= 11 is 0. The van der Waals surface area contributed by atoms with Crippen molar-refractivity contribution in [2.24, 2.45) is 0 Å². The minimum absolute atomic E-state index is 0. The molecule has 0 aromatic carbocycles. The van der Waals surface area contributed by atoms with Crippen molar-refractivity contribution in [3.63, 3.8) is 0 Å². The summed E-state index contributed by atoms with van der Waals surface area (Å²) < 4.78 is 0.625. The fourth-order valence-electron chi connectivity index (χ4n) is 0.211. The van der Waals surface area contributed by atoms with Crippen LogP contribution in [0.25, 0.3) is 0 Å². The lowest BCUT2D eigenvalue weighted by Crippen LogP contribution is -2.44. The van der Waals surface area contributed by atoms with Crippen LogP contribution in [0.3, 0.4) is 0 Å². The first kappa shape index (κ1) is 11.6. The summed E-state index contributed by atoms with van der Waals surface area (Å²) in [6, 6.07) is 0.528. The lowest BCUT2D eigenvalue weighted by molar-refractivity contribution is -1.09. The van der Waals surface area contributed by atoms with E-state index < -0.39 is 0 Å². The van der Waals surface area contributed by atoms with Gasteiger partial charge in [-0.2, -0.15) is 4.65 Å². The standard InChI is InChI=1S/C6H16NO.H2O/c1-6(2)7(3,4)8-5;/h6H,1-5H3;1H2/q+1;/p-1. The zero-order chi connectivity index (χ0) is 6.78. The monoisotopic (exact) mass is 135 g/mol. The van der Waals surface area contributed by atoms with Crippen LogP contribution in [0, 0.1) is 0 Å². The zero-order valence-corrected chi connectivity index (χ0v) is 6.88. The quantitative estimate of drug-likeness (QED) is 0.416. The van der Waals surface area contributed by atoms with Crippen molar-refractivity contribution in [3.8, 4) is 0 Å². The Labute approximate surface area is 57.1 Å². The van der Waals surface area contributed by atoms with E-state index >= 15 is 0 Å². The van der Waals surface area contributed by atoms with Crippen molar-refractivity contribution in [1.82, 2.24) is 0 Å². The maximum absolute atomic E-state index is 5.14. The molecule has 3 nitrogen and oxygen atoms in total. The van der Waals surface area contributed by atoms with Gasteiger partial charge in [0.05, 0.1) is 21.2 Å². The average molecular weight is 135 g/mol. The summed E-state index contributed by atoms with van der Waals surface area (Å²) in [5.74, 6) is 0. The molecule has 0 aromatic heterocycles. The molecule has 0 atom stereocenters. The number of nitrogens with zero attached hydrogens (tertiary/aromatic N) is 1. The fourth-order valence-corrected chi connectivity index (χ4v) is 0.211. The molecule has 0 aliphatic rings. The third-order valence-corrected chi connectivity index (χ3v) is 1.71. The minimum Gasteiger partial charge on any atom is -0.870 e. The molecule has 0 spiro atoms. The molecule has 0 bridgehead atoms. The van der Waals surface area contributed by atoms with Crippen molar-refractivity contribution in [2.75, 3.05) is 21.2 Å². The van der Waals surface area contributed by atoms with Crippen LogP contribution in [0.1, 0.15) is 13.8 Å². The van der Waals surface area contributed by atoms with Crippen LogP contribution in [-0.4, -0.2) is 37.4 Å². The number of hydrogen-bond acceptors (Lipinski definition) is 2. The number of rotatable bonds is 2. The molecule has 9 heavy (non-hydrogen) atoms. The van der Waals surface area contributed by atoms with Gasteiger partial charge in [0.15, 0.2) is 0 Å². The first-order valence-corrected chi connectivity index (χ1v) is 2.90. The Hall–Kier alpha value is -0.120. The highest BCUT2D eigenvalue weighted by Gasteiger charge is 2.18. The molecule has 0 rings (SSSR count). The minimum atomic E-state index is 0. The Morgan fingerprint density at radius 1 is 1.22 bits per heavy atom. The van der Waals surface area contributed by atoms with E-state index in [1.165, 1.54) is 0 Å². The van der Waals surface area contributed by atoms with Crippen LogP contribution in [0.4, 0.5) is 0 Å². The number of quaternary nitrogens is 1. The van der Waals surface area contributed by atoms with Crippen LogP contribution >= 0.6 is 0 Å². The molecule has 3 heteroatoms. The van der Waals surface area contributed by atoms with Gasteiger partial charge in [-0.25, -0.2) is 4.84 Å². The largest absolute Gasteiger partial charge is 0.870 e. The number of hydroxylamine groups is 3. The van der Waals surface area contributed by atoms with Crippen molar-refractivity contribution in [2.45, 2.75) is 19.9 Å². The van der Waals surface area contributed by atoms with Gasteiger partial charge in [-0.1, -0.05) is 0 Å². The van der Waals surface area contributed by atoms with Crippen molar-refractivity contribution >= 4 is 0 Å². The third-order valence-electron chi connectivity index (χ3n) is 1.71. The Kier molecular flexibility index (Phi) is 4.95. The molecule has 0 radical (unpaired) electrons. The van der Waals surface area contributed by atoms with Gasteiger partial charge in [-0.3, -0.25) is 0 Å². The van der Waals surface area contributed by atoms with Gasteiger partial charge in [0, 0.05) is 0 Å². The highest BCUT2D eigenvalue weighted by Crippen LogP contribution is 2.03. The highest BCUT2D eigenvalue weighted by atomic mass is 16.7. The van der Waals surface area contributed by atoms with Crippen LogP contribution in [-0.2, 0) is 4.84 Å². The molecule has 0 saturated carbocycles. The molecule has 0 aromatic rings. The predicted molar refractivity (Wildman–Crippen MR) is 36.2 cm³/mol. The Morgan fingerprint density at radius 3 is 1.56 bits per heavy atom. The molecular weight excluding hydrogens is 118 g/mol. The van der Waals surface area contributed by atoms with Crippen LogP contribution in [0.2, 0.25) is 0 Å². The highest BCUT2D eigenvalue weighted by molar-refractivity contribution is 4.29.